The first-order valence-electron chi connectivity index (χ1n) is 6.23. The van der Waals surface area contributed by atoms with E-state index in [0.29, 0.717) is 5.56 Å². The minimum atomic E-state index is -4.45. The third-order valence-corrected chi connectivity index (χ3v) is 4.07. The van der Waals surface area contributed by atoms with Gasteiger partial charge >= 0.3 is 0 Å². The molecule has 1 aromatic rings. The summed E-state index contributed by atoms with van der Waals surface area (Å²) in [5.41, 5.74) is 5.17. The van der Waals surface area contributed by atoms with Crippen molar-refractivity contribution in [2.45, 2.75) is 18.5 Å². The summed E-state index contributed by atoms with van der Waals surface area (Å²) in [4.78, 5) is 10.9. The van der Waals surface area contributed by atoms with Gasteiger partial charge in [0.2, 0.25) is 5.91 Å². The predicted molar refractivity (Wildman–Crippen MR) is 78.7 cm³/mol. The standard InChI is InChI=1S/C14H16N2O4S/c1-10(17)16-14(15)8-7-12(11-5-3-2-4-6-11)13(9-14)21(18,19)20/h2-9,12H,15H2,1H3,(H,16,17)(H,18,19,20). The fourth-order valence-corrected chi connectivity index (χ4v) is 3.16. The Morgan fingerprint density at radius 1 is 1.33 bits per heavy atom. The Labute approximate surface area is 123 Å². The summed E-state index contributed by atoms with van der Waals surface area (Å²) in [5.74, 6) is -1.06. The molecule has 0 aromatic heterocycles. The van der Waals surface area contributed by atoms with Gasteiger partial charge in [-0.3, -0.25) is 9.35 Å². The second kappa shape index (κ2) is 5.44. The second-order valence-electron chi connectivity index (χ2n) is 4.88. The highest BCUT2D eigenvalue weighted by atomic mass is 32.2. The van der Waals surface area contributed by atoms with Crippen LogP contribution in [-0.4, -0.2) is 24.5 Å². The highest BCUT2D eigenvalue weighted by Gasteiger charge is 2.33. The first kappa shape index (κ1) is 15.4. The van der Waals surface area contributed by atoms with Gasteiger partial charge in [0.15, 0.2) is 0 Å². The molecule has 0 aliphatic heterocycles. The van der Waals surface area contributed by atoms with Gasteiger partial charge in [-0.05, 0) is 17.7 Å². The van der Waals surface area contributed by atoms with Crippen LogP contribution in [0.15, 0.2) is 53.5 Å². The molecule has 7 heteroatoms. The number of rotatable bonds is 3. The van der Waals surface area contributed by atoms with E-state index in [-0.39, 0.29) is 4.91 Å². The van der Waals surface area contributed by atoms with Crippen LogP contribution < -0.4 is 11.1 Å². The number of amides is 1. The van der Waals surface area contributed by atoms with Gasteiger partial charge in [0.1, 0.15) is 5.66 Å². The SMILES string of the molecule is CC(=O)NC1(N)C=CC(c2ccccc2)C(S(=O)(=O)O)=C1. The lowest BCUT2D eigenvalue weighted by Gasteiger charge is -2.30. The van der Waals surface area contributed by atoms with Crippen molar-refractivity contribution in [3.8, 4) is 0 Å². The Morgan fingerprint density at radius 3 is 2.48 bits per heavy atom. The van der Waals surface area contributed by atoms with E-state index in [1.54, 1.807) is 36.4 Å². The maximum Gasteiger partial charge on any atom is 0.291 e. The summed E-state index contributed by atoms with van der Waals surface area (Å²) >= 11 is 0. The minimum Gasteiger partial charge on any atom is -0.332 e. The first-order chi connectivity index (χ1) is 9.71. The molecule has 2 rings (SSSR count). The molecule has 1 aliphatic carbocycles. The van der Waals surface area contributed by atoms with E-state index >= 15 is 0 Å². The normalized spacial score (nSPS) is 25.3. The van der Waals surface area contributed by atoms with Crippen LogP contribution in [0.25, 0.3) is 0 Å². The summed E-state index contributed by atoms with van der Waals surface area (Å²) in [6, 6.07) is 8.83. The molecule has 112 valence electrons. The number of hydrogen-bond donors (Lipinski definition) is 3. The molecule has 1 aliphatic rings. The molecule has 2 atom stereocenters. The predicted octanol–water partition coefficient (Wildman–Crippen LogP) is 0.903. The summed E-state index contributed by atoms with van der Waals surface area (Å²) in [6.45, 7) is 1.27. The number of allylic oxidation sites excluding steroid dienone is 2. The van der Waals surface area contributed by atoms with Crippen LogP contribution in [0.4, 0.5) is 0 Å². The van der Waals surface area contributed by atoms with Gasteiger partial charge in [-0.15, -0.1) is 0 Å². The summed E-state index contributed by atoms with van der Waals surface area (Å²) in [7, 11) is -4.45. The average molecular weight is 308 g/mol. The Balaban J connectivity index is 2.49. The smallest absolute Gasteiger partial charge is 0.291 e. The number of carbonyl (C=O) groups is 1. The minimum absolute atomic E-state index is 0.257. The molecule has 0 bridgehead atoms. The summed E-state index contributed by atoms with van der Waals surface area (Å²) < 4.78 is 32.7. The van der Waals surface area contributed by atoms with Crippen molar-refractivity contribution in [3.63, 3.8) is 0 Å². The molecule has 1 aromatic carbocycles. The number of nitrogens with one attached hydrogen (secondary N) is 1. The number of nitrogens with two attached hydrogens (primary N) is 1. The van der Waals surface area contributed by atoms with Crippen molar-refractivity contribution >= 4 is 16.0 Å². The molecule has 21 heavy (non-hydrogen) atoms. The van der Waals surface area contributed by atoms with E-state index in [1.165, 1.54) is 13.0 Å². The zero-order chi connectivity index (χ0) is 15.7. The van der Waals surface area contributed by atoms with Crippen LogP contribution in [0.2, 0.25) is 0 Å². The van der Waals surface area contributed by atoms with Gasteiger partial charge in [0.05, 0.1) is 4.91 Å². The average Bonchev–Trinajstić information content (AvgIpc) is 2.37. The van der Waals surface area contributed by atoms with Crippen molar-refractivity contribution in [1.82, 2.24) is 5.32 Å². The molecular formula is C14H16N2O4S. The molecule has 0 fully saturated rings. The zero-order valence-corrected chi connectivity index (χ0v) is 12.2. The topological polar surface area (TPSA) is 109 Å². The van der Waals surface area contributed by atoms with E-state index in [9.17, 15) is 17.8 Å². The van der Waals surface area contributed by atoms with Gasteiger partial charge in [-0.25, -0.2) is 0 Å². The lowest BCUT2D eigenvalue weighted by atomic mass is 9.90. The van der Waals surface area contributed by atoms with E-state index in [4.69, 9.17) is 5.73 Å². The van der Waals surface area contributed by atoms with Gasteiger partial charge in [-0.2, -0.15) is 8.42 Å². The zero-order valence-electron chi connectivity index (χ0n) is 11.4. The Kier molecular flexibility index (Phi) is 3.99. The molecule has 0 heterocycles. The van der Waals surface area contributed by atoms with Crippen LogP contribution in [0, 0.1) is 0 Å². The largest absolute Gasteiger partial charge is 0.332 e. The molecule has 6 nitrogen and oxygen atoms in total. The molecule has 4 N–H and O–H groups in total. The molecule has 2 unspecified atom stereocenters. The summed E-state index contributed by atoms with van der Waals surface area (Å²) in [6.07, 6.45) is 4.20. The third-order valence-electron chi connectivity index (χ3n) is 3.10. The van der Waals surface area contributed by atoms with Gasteiger partial charge in [0, 0.05) is 12.8 Å². The molecule has 0 saturated heterocycles. The van der Waals surface area contributed by atoms with Crippen molar-refractivity contribution in [2.24, 2.45) is 5.73 Å². The molecule has 1 amide bonds. The van der Waals surface area contributed by atoms with Crippen molar-refractivity contribution in [3.05, 3.63) is 59.0 Å². The van der Waals surface area contributed by atoms with E-state index in [1.807, 2.05) is 0 Å². The number of hydrogen-bond acceptors (Lipinski definition) is 4. The number of benzene rings is 1. The highest BCUT2D eigenvalue weighted by Crippen LogP contribution is 2.34. The van der Waals surface area contributed by atoms with Crippen LogP contribution >= 0.6 is 0 Å². The van der Waals surface area contributed by atoms with E-state index in [0.717, 1.165) is 6.08 Å². The fraction of sp³-hybridized carbons (Fsp3) is 0.214. The molecule has 0 spiro atoms. The lowest BCUT2D eigenvalue weighted by molar-refractivity contribution is -0.119. The molecule has 0 radical (unpaired) electrons. The van der Waals surface area contributed by atoms with Crippen LogP contribution in [0.3, 0.4) is 0 Å². The Morgan fingerprint density at radius 2 is 1.95 bits per heavy atom. The van der Waals surface area contributed by atoms with Gasteiger partial charge < -0.3 is 11.1 Å². The van der Waals surface area contributed by atoms with E-state index < -0.39 is 27.6 Å². The maximum atomic E-state index is 11.6. The summed E-state index contributed by atoms with van der Waals surface area (Å²) in [5, 5.41) is 2.43. The second-order valence-corrected chi connectivity index (χ2v) is 6.30. The highest BCUT2D eigenvalue weighted by molar-refractivity contribution is 7.89. The van der Waals surface area contributed by atoms with Gasteiger partial charge in [-0.1, -0.05) is 36.4 Å². The monoisotopic (exact) mass is 308 g/mol. The molecule has 0 saturated carbocycles. The van der Waals surface area contributed by atoms with Crippen molar-refractivity contribution in [1.29, 1.82) is 0 Å². The number of carbonyl (C=O) groups excluding carboxylic acids is 1. The van der Waals surface area contributed by atoms with Crippen molar-refractivity contribution in [2.75, 3.05) is 0 Å². The van der Waals surface area contributed by atoms with Gasteiger partial charge in [0.25, 0.3) is 10.1 Å². The first-order valence-corrected chi connectivity index (χ1v) is 7.67. The van der Waals surface area contributed by atoms with Crippen LogP contribution in [-0.2, 0) is 14.9 Å². The van der Waals surface area contributed by atoms with Crippen LogP contribution in [0.1, 0.15) is 18.4 Å². The van der Waals surface area contributed by atoms with Crippen LogP contribution in [0.5, 0.6) is 0 Å². The lowest BCUT2D eigenvalue weighted by Crippen LogP contribution is -2.53. The maximum absolute atomic E-state index is 11.6. The quantitative estimate of drug-likeness (QED) is 0.437. The van der Waals surface area contributed by atoms with Crippen molar-refractivity contribution < 1.29 is 17.8 Å². The third kappa shape index (κ3) is 3.57. The Bertz CT molecular complexity index is 710. The van der Waals surface area contributed by atoms with E-state index in [2.05, 4.69) is 5.32 Å². The Hall–Kier alpha value is -1.96. The fourth-order valence-electron chi connectivity index (χ4n) is 2.28. The molecular weight excluding hydrogens is 292 g/mol.